The third kappa shape index (κ3) is 3.81. The van der Waals surface area contributed by atoms with E-state index < -0.39 is 4.92 Å². The van der Waals surface area contributed by atoms with Gasteiger partial charge in [-0.05, 0) is 31.7 Å². The summed E-state index contributed by atoms with van der Waals surface area (Å²) in [5.41, 5.74) is 0.256. The molecule has 1 saturated heterocycles. The molecule has 1 heterocycles. The maximum absolute atomic E-state index is 12.8. The first-order valence-electron chi connectivity index (χ1n) is 7.65. The Morgan fingerprint density at radius 3 is 2.96 bits per heavy atom. The number of amides is 1. The minimum atomic E-state index is -0.524. The summed E-state index contributed by atoms with van der Waals surface area (Å²) in [5.74, 6) is 2.59. The second-order valence-corrected chi connectivity index (χ2v) is 5.53. The topological polar surface area (TPSA) is 72.7 Å². The van der Waals surface area contributed by atoms with Crippen LogP contribution in [-0.2, 0) is 0 Å². The largest absolute Gasteiger partial charge is 0.490 e. The quantitative estimate of drug-likeness (QED) is 0.475. The van der Waals surface area contributed by atoms with Crippen LogP contribution in [0.4, 0.5) is 5.69 Å². The number of rotatable bonds is 5. The molecule has 1 fully saturated rings. The first-order chi connectivity index (χ1) is 11.1. The number of hydrogen-bond acceptors (Lipinski definition) is 4. The van der Waals surface area contributed by atoms with Gasteiger partial charge in [-0.1, -0.05) is 0 Å². The first-order valence-corrected chi connectivity index (χ1v) is 7.65. The van der Waals surface area contributed by atoms with Gasteiger partial charge in [0.1, 0.15) is 0 Å². The Kier molecular flexibility index (Phi) is 5.58. The van der Waals surface area contributed by atoms with Gasteiger partial charge in [0, 0.05) is 36.7 Å². The Labute approximate surface area is 135 Å². The normalized spacial score (nSPS) is 17.4. The standard InChI is InChI=1S/C17H20N2O4/c1-3-4-7-14-8-5-6-11-18(14)17(20)13-9-10-15(19(21)22)16(12-13)23-2/h1,9-10,12,14H,4-8,11H2,2H3/t14-/m0/s1. The highest BCUT2D eigenvalue weighted by Gasteiger charge is 2.28. The van der Waals surface area contributed by atoms with Crippen LogP contribution < -0.4 is 4.74 Å². The average Bonchev–Trinajstić information content (AvgIpc) is 2.58. The molecule has 0 N–H and O–H groups in total. The molecule has 6 nitrogen and oxygen atoms in total. The molecule has 6 heteroatoms. The molecule has 23 heavy (non-hydrogen) atoms. The molecule has 1 aromatic rings. The molecule has 1 atom stereocenters. The number of piperidine rings is 1. The first kappa shape index (κ1) is 16.8. The zero-order valence-electron chi connectivity index (χ0n) is 13.2. The molecule has 1 aromatic carbocycles. The van der Waals surface area contributed by atoms with Crippen LogP contribution in [0, 0.1) is 22.5 Å². The van der Waals surface area contributed by atoms with E-state index in [0.29, 0.717) is 18.5 Å². The number of nitro groups is 1. The number of methoxy groups -OCH3 is 1. The lowest BCUT2D eigenvalue weighted by Gasteiger charge is -2.35. The van der Waals surface area contributed by atoms with Crippen molar-refractivity contribution in [1.29, 1.82) is 0 Å². The Hall–Kier alpha value is -2.55. The van der Waals surface area contributed by atoms with E-state index in [4.69, 9.17) is 11.2 Å². The van der Waals surface area contributed by atoms with E-state index in [0.717, 1.165) is 25.7 Å². The third-order valence-corrected chi connectivity index (χ3v) is 4.13. The highest BCUT2D eigenvalue weighted by atomic mass is 16.6. The van der Waals surface area contributed by atoms with Crippen LogP contribution in [0.2, 0.25) is 0 Å². The van der Waals surface area contributed by atoms with Crippen molar-refractivity contribution in [3.8, 4) is 18.1 Å². The fourth-order valence-electron chi connectivity index (χ4n) is 2.95. The lowest BCUT2D eigenvalue weighted by atomic mass is 9.97. The van der Waals surface area contributed by atoms with Gasteiger partial charge >= 0.3 is 5.69 Å². The van der Waals surface area contributed by atoms with Crippen molar-refractivity contribution in [2.45, 2.75) is 38.1 Å². The fourth-order valence-corrected chi connectivity index (χ4v) is 2.95. The minimum absolute atomic E-state index is 0.0954. The van der Waals surface area contributed by atoms with E-state index >= 15 is 0 Å². The van der Waals surface area contributed by atoms with Gasteiger partial charge < -0.3 is 9.64 Å². The molecule has 0 aromatic heterocycles. The van der Waals surface area contributed by atoms with E-state index in [1.165, 1.54) is 25.3 Å². The number of hydrogen-bond donors (Lipinski definition) is 0. The number of nitrogens with zero attached hydrogens (tertiary/aromatic N) is 2. The van der Waals surface area contributed by atoms with E-state index in [1.54, 1.807) is 0 Å². The summed E-state index contributed by atoms with van der Waals surface area (Å²) in [4.78, 5) is 25.0. The molecule has 0 spiro atoms. The molecule has 1 aliphatic heterocycles. The molecule has 0 unspecified atom stereocenters. The van der Waals surface area contributed by atoms with E-state index in [9.17, 15) is 14.9 Å². The van der Waals surface area contributed by atoms with Crippen LogP contribution in [0.1, 0.15) is 42.5 Å². The summed E-state index contributed by atoms with van der Waals surface area (Å²) in [6.07, 6.45) is 9.74. The highest BCUT2D eigenvalue weighted by molar-refractivity contribution is 5.95. The van der Waals surface area contributed by atoms with Crippen LogP contribution in [0.15, 0.2) is 18.2 Å². The van der Waals surface area contributed by atoms with Gasteiger partial charge in [-0.2, -0.15) is 0 Å². The van der Waals surface area contributed by atoms with Crippen molar-refractivity contribution < 1.29 is 14.5 Å². The SMILES string of the molecule is C#CCC[C@H]1CCCCN1C(=O)c1ccc([N+](=O)[O-])c(OC)c1. The third-order valence-electron chi connectivity index (χ3n) is 4.13. The molecule has 2 rings (SSSR count). The van der Waals surface area contributed by atoms with Crippen molar-refractivity contribution in [1.82, 2.24) is 4.90 Å². The van der Waals surface area contributed by atoms with Gasteiger partial charge in [0.15, 0.2) is 5.75 Å². The minimum Gasteiger partial charge on any atom is -0.490 e. The number of nitro benzene ring substituents is 1. The molecule has 122 valence electrons. The number of terminal acetylenes is 1. The van der Waals surface area contributed by atoms with Gasteiger partial charge in [-0.25, -0.2) is 0 Å². The number of carbonyl (C=O) groups excluding carboxylic acids is 1. The molecule has 0 saturated carbocycles. The van der Waals surface area contributed by atoms with E-state index in [2.05, 4.69) is 5.92 Å². The summed E-state index contributed by atoms with van der Waals surface area (Å²) < 4.78 is 5.04. The zero-order chi connectivity index (χ0) is 16.8. The van der Waals surface area contributed by atoms with Gasteiger partial charge in [-0.15, -0.1) is 12.3 Å². The lowest BCUT2D eigenvalue weighted by molar-refractivity contribution is -0.385. The van der Waals surface area contributed by atoms with Crippen molar-refractivity contribution in [2.24, 2.45) is 0 Å². The van der Waals surface area contributed by atoms with Gasteiger partial charge in [0.05, 0.1) is 12.0 Å². The summed E-state index contributed by atoms with van der Waals surface area (Å²) >= 11 is 0. The lowest BCUT2D eigenvalue weighted by Crippen LogP contribution is -2.43. The number of benzene rings is 1. The van der Waals surface area contributed by atoms with Crippen LogP contribution in [0.5, 0.6) is 5.75 Å². The van der Waals surface area contributed by atoms with Crippen molar-refractivity contribution in [3.05, 3.63) is 33.9 Å². The predicted octanol–water partition coefficient (Wildman–Crippen LogP) is 3.01. The maximum Gasteiger partial charge on any atom is 0.310 e. The molecule has 1 aliphatic rings. The van der Waals surface area contributed by atoms with Crippen molar-refractivity contribution >= 4 is 11.6 Å². The summed E-state index contributed by atoms with van der Waals surface area (Å²) in [7, 11) is 1.35. The molecule has 0 radical (unpaired) electrons. The van der Waals surface area contributed by atoms with Crippen LogP contribution in [0.25, 0.3) is 0 Å². The van der Waals surface area contributed by atoms with Crippen LogP contribution in [0.3, 0.4) is 0 Å². The maximum atomic E-state index is 12.8. The Balaban J connectivity index is 2.24. The Morgan fingerprint density at radius 1 is 1.52 bits per heavy atom. The monoisotopic (exact) mass is 316 g/mol. The van der Waals surface area contributed by atoms with Crippen LogP contribution >= 0.6 is 0 Å². The Bertz CT molecular complexity index is 636. The predicted molar refractivity (Wildman–Crippen MR) is 86.4 cm³/mol. The number of likely N-dealkylation sites (tertiary alicyclic amines) is 1. The Morgan fingerprint density at radius 2 is 2.30 bits per heavy atom. The van der Waals surface area contributed by atoms with Gasteiger partial charge in [0.25, 0.3) is 5.91 Å². The molecular weight excluding hydrogens is 296 g/mol. The van der Waals surface area contributed by atoms with Crippen molar-refractivity contribution in [3.63, 3.8) is 0 Å². The molecule has 1 amide bonds. The second kappa shape index (κ2) is 7.63. The molecule has 0 aliphatic carbocycles. The molecular formula is C17H20N2O4. The van der Waals surface area contributed by atoms with Gasteiger partial charge in [0.2, 0.25) is 0 Å². The second-order valence-electron chi connectivity index (χ2n) is 5.53. The summed E-state index contributed by atoms with van der Waals surface area (Å²) in [5, 5.41) is 10.9. The number of ether oxygens (including phenoxy) is 1. The molecule has 0 bridgehead atoms. The van der Waals surface area contributed by atoms with E-state index in [-0.39, 0.29) is 23.4 Å². The smallest absolute Gasteiger partial charge is 0.310 e. The van der Waals surface area contributed by atoms with Gasteiger partial charge in [-0.3, -0.25) is 14.9 Å². The summed E-state index contributed by atoms with van der Waals surface area (Å²) in [6, 6.07) is 4.36. The summed E-state index contributed by atoms with van der Waals surface area (Å²) in [6.45, 7) is 0.688. The highest BCUT2D eigenvalue weighted by Crippen LogP contribution is 2.29. The number of carbonyl (C=O) groups is 1. The van der Waals surface area contributed by atoms with Crippen molar-refractivity contribution in [2.75, 3.05) is 13.7 Å². The van der Waals surface area contributed by atoms with Crippen LogP contribution in [-0.4, -0.2) is 35.4 Å². The average molecular weight is 316 g/mol. The zero-order valence-corrected chi connectivity index (χ0v) is 13.2. The fraction of sp³-hybridized carbons (Fsp3) is 0.471. The van der Waals surface area contributed by atoms with E-state index in [1.807, 2.05) is 4.90 Å².